The maximum absolute atomic E-state index is 5.65. The fraction of sp³-hybridized carbons (Fsp3) is 0.909. The molecule has 5 heteroatoms. The lowest BCUT2D eigenvalue weighted by Gasteiger charge is -2.29. The molecule has 1 aromatic rings. The molecule has 90 valence electrons. The molecule has 0 bridgehead atoms. The van der Waals surface area contributed by atoms with E-state index in [0.29, 0.717) is 12.6 Å². The molecule has 5 nitrogen and oxygen atoms in total. The number of hydrogen-bond acceptors (Lipinski definition) is 4. The standard InChI is InChI=1S/C11H21N5/c1-2-10(9-6-4-3-5-7-9)16-11(8-12)13-14-15-16/h9-10H,2-8,12H2,1H3. The molecule has 2 N–H and O–H groups in total. The van der Waals surface area contributed by atoms with Crippen molar-refractivity contribution in [3.05, 3.63) is 5.82 Å². The maximum Gasteiger partial charge on any atom is 0.165 e. The first-order chi connectivity index (χ1) is 7.86. The second kappa shape index (κ2) is 5.39. The summed E-state index contributed by atoms with van der Waals surface area (Å²) in [5, 5.41) is 11.8. The van der Waals surface area contributed by atoms with Crippen molar-refractivity contribution in [1.82, 2.24) is 20.2 Å². The molecule has 1 aliphatic carbocycles. The van der Waals surface area contributed by atoms with Crippen molar-refractivity contribution in [2.45, 2.75) is 58.0 Å². The Kier molecular flexibility index (Phi) is 3.88. The van der Waals surface area contributed by atoms with Gasteiger partial charge in [-0.3, -0.25) is 0 Å². The van der Waals surface area contributed by atoms with Gasteiger partial charge in [0.05, 0.1) is 12.6 Å². The number of rotatable bonds is 4. The van der Waals surface area contributed by atoms with E-state index < -0.39 is 0 Å². The highest BCUT2D eigenvalue weighted by atomic mass is 15.6. The van der Waals surface area contributed by atoms with E-state index in [4.69, 9.17) is 5.73 Å². The zero-order valence-corrected chi connectivity index (χ0v) is 9.97. The van der Waals surface area contributed by atoms with Crippen LogP contribution in [-0.2, 0) is 6.54 Å². The molecule has 0 saturated heterocycles. The van der Waals surface area contributed by atoms with Gasteiger partial charge in [0.15, 0.2) is 5.82 Å². The summed E-state index contributed by atoms with van der Waals surface area (Å²) < 4.78 is 1.95. The van der Waals surface area contributed by atoms with Gasteiger partial charge in [0.2, 0.25) is 0 Å². The van der Waals surface area contributed by atoms with Crippen LogP contribution < -0.4 is 5.73 Å². The van der Waals surface area contributed by atoms with E-state index in [2.05, 4.69) is 22.4 Å². The van der Waals surface area contributed by atoms with Gasteiger partial charge in [0.1, 0.15) is 0 Å². The van der Waals surface area contributed by atoms with E-state index in [9.17, 15) is 0 Å². The van der Waals surface area contributed by atoms with E-state index >= 15 is 0 Å². The van der Waals surface area contributed by atoms with Gasteiger partial charge < -0.3 is 5.73 Å². The van der Waals surface area contributed by atoms with E-state index in [-0.39, 0.29) is 0 Å². The lowest BCUT2D eigenvalue weighted by Crippen LogP contribution is -2.25. The fourth-order valence-corrected chi connectivity index (χ4v) is 2.83. The van der Waals surface area contributed by atoms with E-state index in [1.54, 1.807) is 0 Å². The smallest absolute Gasteiger partial charge is 0.165 e. The van der Waals surface area contributed by atoms with Crippen molar-refractivity contribution in [3.8, 4) is 0 Å². The topological polar surface area (TPSA) is 69.6 Å². The van der Waals surface area contributed by atoms with Crippen LogP contribution in [0.25, 0.3) is 0 Å². The first kappa shape index (κ1) is 11.5. The van der Waals surface area contributed by atoms with Crippen LogP contribution in [0.3, 0.4) is 0 Å². The Morgan fingerprint density at radius 3 is 2.75 bits per heavy atom. The molecule has 1 saturated carbocycles. The number of aromatic nitrogens is 4. The Hall–Kier alpha value is -0.970. The largest absolute Gasteiger partial charge is 0.324 e. The molecule has 2 rings (SSSR count). The first-order valence-electron chi connectivity index (χ1n) is 6.33. The molecule has 0 spiro atoms. The predicted molar refractivity (Wildman–Crippen MR) is 61.6 cm³/mol. The van der Waals surface area contributed by atoms with Gasteiger partial charge in [-0.2, -0.15) is 0 Å². The van der Waals surface area contributed by atoms with Crippen LogP contribution in [0.2, 0.25) is 0 Å². The van der Waals surface area contributed by atoms with Gasteiger partial charge in [-0.1, -0.05) is 26.2 Å². The van der Waals surface area contributed by atoms with Crippen molar-refractivity contribution in [2.75, 3.05) is 0 Å². The molecule has 0 aliphatic heterocycles. The molecule has 1 fully saturated rings. The number of nitrogens with zero attached hydrogens (tertiary/aromatic N) is 4. The molecular weight excluding hydrogens is 202 g/mol. The minimum absolute atomic E-state index is 0.427. The van der Waals surface area contributed by atoms with Gasteiger partial charge in [-0.05, 0) is 35.6 Å². The minimum atomic E-state index is 0.427. The van der Waals surface area contributed by atoms with Crippen molar-refractivity contribution >= 4 is 0 Å². The Morgan fingerprint density at radius 2 is 2.12 bits per heavy atom. The zero-order chi connectivity index (χ0) is 11.4. The lowest BCUT2D eigenvalue weighted by atomic mass is 9.83. The predicted octanol–water partition coefficient (Wildman–Crippen LogP) is 1.66. The molecule has 16 heavy (non-hydrogen) atoms. The summed E-state index contributed by atoms with van der Waals surface area (Å²) in [4.78, 5) is 0. The normalized spacial score (nSPS) is 19.9. The highest BCUT2D eigenvalue weighted by Gasteiger charge is 2.26. The van der Waals surface area contributed by atoms with E-state index in [1.807, 2.05) is 4.68 Å². The molecule has 1 aromatic heterocycles. The molecule has 1 unspecified atom stereocenters. The van der Waals surface area contributed by atoms with Gasteiger partial charge in [0.25, 0.3) is 0 Å². The van der Waals surface area contributed by atoms with Crippen molar-refractivity contribution in [3.63, 3.8) is 0 Å². The second-order valence-electron chi connectivity index (χ2n) is 4.62. The molecule has 0 aromatic carbocycles. The number of hydrogen-bond donors (Lipinski definition) is 1. The second-order valence-corrected chi connectivity index (χ2v) is 4.62. The summed E-state index contributed by atoms with van der Waals surface area (Å²) in [6.45, 7) is 2.64. The average molecular weight is 223 g/mol. The lowest BCUT2D eigenvalue weighted by molar-refractivity contribution is 0.222. The van der Waals surface area contributed by atoms with Gasteiger partial charge >= 0.3 is 0 Å². The summed E-state index contributed by atoms with van der Waals surface area (Å²) >= 11 is 0. The third kappa shape index (κ3) is 2.24. The van der Waals surface area contributed by atoms with Crippen LogP contribution in [0, 0.1) is 5.92 Å². The summed E-state index contributed by atoms with van der Waals surface area (Å²) in [5.41, 5.74) is 5.65. The van der Waals surface area contributed by atoms with E-state index in [0.717, 1.165) is 18.2 Å². The first-order valence-corrected chi connectivity index (χ1v) is 6.33. The Labute approximate surface area is 96.4 Å². The van der Waals surface area contributed by atoms with Crippen molar-refractivity contribution in [1.29, 1.82) is 0 Å². The highest BCUT2D eigenvalue weighted by molar-refractivity contribution is 4.86. The van der Waals surface area contributed by atoms with Crippen LogP contribution in [0.4, 0.5) is 0 Å². The summed E-state index contributed by atoms with van der Waals surface area (Å²) in [5.74, 6) is 1.55. The summed E-state index contributed by atoms with van der Waals surface area (Å²) in [6.07, 6.45) is 7.78. The van der Waals surface area contributed by atoms with Crippen LogP contribution in [0.5, 0.6) is 0 Å². The van der Waals surface area contributed by atoms with E-state index in [1.165, 1.54) is 32.1 Å². The average Bonchev–Trinajstić information content (AvgIpc) is 2.80. The van der Waals surface area contributed by atoms with Crippen LogP contribution in [0.15, 0.2) is 0 Å². The molecule has 1 aliphatic rings. The molecular formula is C11H21N5. The Bertz CT molecular complexity index is 316. The van der Waals surface area contributed by atoms with Gasteiger partial charge in [-0.15, -0.1) is 5.10 Å². The van der Waals surface area contributed by atoms with Crippen LogP contribution in [0.1, 0.15) is 57.3 Å². The van der Waals surface area contributed by atoms with Crippen molar-refractivity contribution in [2.24, 2.45) is 11.7 Å². The summed E-state index contributed by atoms with van der Waals surface area (Å²) in [6, 6.07) is 0.439. The minimum Gasteiger partial charge on any atom is -0.324 e. The highest BCUT2D eigenvalue weighted by Crippen LogP contribution is 2.34. The molecule has 0 amide bonds. The van der Waals surface area contributed by atoms with Gasteiger partial charge in [-0.25, -0.2) is 4.68 Å². The third-order valence-electron chi connectivity index (χ3n) is 3.67. The van der Waals surface area contributed by atoms with Gasteiger partial charge in [0, 0.05) is 0 Å². The SMILES string of the molecule is CCC(C1CCCCC1)n1nnnc1CN. The summed E-state index contributed by atoms with van der Waals surface area (Å²) in [7, 11) is 0. The van der Waals surface area contributed by atoms with Crippen LogP contribution >= 0.6 is 0 Å². The Balaban J connectivity index is 2.14. The maximum atomic E-state index is 5.65. The zero-order valence-electron chi connectivity index (χ0n) is 9.97. The number of tetrazole rings is 1. The third-order valence-corrected chi connectivity index (χ3v) is 3.67. The molecule has 1 atom stereocenters. The number of nitrogens with two attached hydrogens (primary N) is 1. The fourth-order valence-electron chi connectivity index (χ4n) is 2.83. The molecule has 1 heterocycles. The van der Waals surface area contributed by atoms with Crippen molar-refractivity contribution < 1.29 is 0 Å². The molecule has 0 radical (unpaired) electrons. The Morgan fingerprint density at radius 1 is 1.38 bits per heavy atom. The van der Waals surface area contributed by atoms with Crippen LogP contribution in [-0.4, -0.2) is 20.2 Å². The monoisotopic (exact) mass is 223 g/mol. The quantitative estimate of drug-likeness (QED) is 0.842.